The summed E-state index contributed by atoms with van der Waals surface area (Å²) in [5.41, 5.74) is 4.30. The fourth-order valence-corrected chi connectivity index (χ4v) is 3.88. The Morgan fingerprint density at radius 2 is 1.73 bits per heavy atom. The molecule has 0 N–H and O–H groups in total. The van der Waals surface area contributed by atoms with Crippen LogP contribution in [0.2, 0.25) is 0 Å². The highest BCUT2D eigenvalue weighted by molar-refractivity contribution is 8.04. The van der Waals surface area contributed by atoms with E-state index in [1.807, 2.05) is 45.0 Å². The average molecular weight is 362 g/mol. The SMILES string of the molecule is CCSC1=C(c2ccc(C)cc2C)C(=O)N(c2ccc(C#N)cc2)C1=O. The van der Waals surface area contributed by atoms with Gasteiger partial charge in [0.15, 0.2) is 0 Å². The molecule has 130 valence electrons. The summed E-state index contributed by atoms with van der Waals surface area (Å²) >= 11 is 1.39. The molecule has 2 aromatic rings. The highest BCUT2D eigenvalue weighted by Crippen LogP contribution is 2.39. The van der Waals surface area contributed by atoms with Gasteiger partial charge in [0.2, 0.25) is 0 Å². The van der Waals surface area contributed by atoms with E-state index in [9.17, 15) is 9.59 Å². The quantitative estimate of drug-likeness (QED) is 0.764. The average Bonchev–Trinajstić information content (AvgIpc) is 2.86. The van der Waals surface area contributed by atoms with Gasteiger partial charge in [0.25, 0.3) is 11.8 Å². The van der Waals surface area contributed by atoms with Gasteiger partial charge in [0.1, 0.15) is 0 Å². The fraction of sp³-hybridized carbons (Fsp3) is 0.190. The summed E-state index contributed by atoms with van der Waals surface area (Å²) < 4.78 is 0. The molecule has 0 saturated heterocycles. The Bertz CT molecular complexity index is 968. The van der Waals surface area contributed by atoms with Gasteiger partial charge in [-0.05, 0) is 55.0 Å². The predicted molar refractivity (Wildman–Crippen MR) is 105 cm³/mol. The zero-order valence-electron chi connectivity index (χ0n) is 14.9. The Hall–Kier alpha value is -2.84. The number of carbonyl (C=O) groups is 2. The molecule has 0 aliphatic carbocycles. The number of aryl methyl sites for hydroxylation is 2. The second-order valence-corrected chi connectivity index (χ2v) is 7.33. The summed E-state index contributed by atoms with van der Waals surface area (Å²) in [6, 6.07) is 14.4. The molecule has 0 radical (unpaired) electrons. The lowest BCUT2D eigenvalue weighted by Gasteiger charge is -2.15. The molecule has 26 heavy (non-hydrogen) atoms. The molecule has 0 spiro atoms. The van der Waals surface area contributed by atoms with Crippen molar-refractivity contribution < 1.29 is 9.59 Å². The normalized spacial score (nSPS) is 14.2. The van der Waals surface area contributed by atoms with E-state index in [1.54, 1.807) is 24.3 Å². The van der Waals surface area contributed by atoms with Crippen LogP contribution < -0.4 is 4.90 Å². The number of anilines is 1. The third kappa shape index (κ3) is 3.04. The number of benzene rings is 2. The minimum Gasteiger partial charge on any atom is -0.268 e. The molecule has 2 amide bonds. The number of nitriles is 1. The van der Waals surface area contributed by atoms with E-state index in [2.05, 4.69) is 0 Å². The second-order valence-electron chi connectivity index (χ2n) is 6.06. The molecular formula is C21H18N2O2S. The van der Waals surface area contributed by atoms with Crippen LogP contribution in [0, 0.1) is 25.2 Å². The molecular weight excluding hydrogens is 344 g/mol. The van der Waals surface area contributed by atoms with Gasteiger partial charge in [-0.3, -0.25) is 9.59 Å². The molecule has 0 atom stereocenters. The molecule has 2 aromatic carbocycles. The molecule has 1 aliphatic heterocycles. The zero-order chi connectivity index (χ0) is 18.8. The number of hydrogen-bond acceptors (Lipinski definition) is 4. The molecule has 5 heteroatoms. The van der Waals surface area contributed by atoms with Crippen LogP contribution in [-0.4, -0.2) is 17.6 Å². The van der Waals surface area contributed by atoms with Gasteiger partial charge in [-0.1, -0.05) is 30.7 Å². The van der Waals surface area contributed by atoms with Crippen LogP contribution in [0.15, 0.2) is 47.4 Å². The minimum atomic E-state index is -0.317. The number of hydrogen-bond donors (Lipinski definition) is 0. The number of rotatable bonds is 4. The van der Waals surface area contributed by atoms with Crippen molar-refractivity contribution in [1.82, 2.24) is 0 Å². The fourth-order valence-electron chi connectivity index (χ4n) is 3.04. The van der Waals surface area contributed by atoms with Crippen molar-refractivity contribution >= 4 is 34.8 Å². The number of thioether (sulfide) groups is 1. The Balaban J connectivity index is 2.10. The molecule has 4 nitrogen and oxygen atoms in total. The first kappa shape index (κ1) is 18.0. The van der Waals surface area contributed by atoms with Crippen molar-refractivity contribution in [3.8, 4) is 6.07 Å². The zero-order valence-corrected chi connectivity index (χ0v) is 15.7. The van der Waals surface area contributed by atoms with Gasteiger partial charge in [-0.2, -0.15) is 5.26 Å². The summed E-state index contributed by atoms with van der Waals surface area (Å²) in [4.78, 5) is 27.8. The topological polar surface area (TPSA) is 61.2 Å². The maximum Gasteiger partial charge on any atom is 0.272 e. The van der Waals surface area contributed by atoms with Crippen molar-refractivity contribution in [2.75, 3.05) is 10.7 Å². The van der Waals surface area contributed by atoms with Gasteiger partial charge in [0.05, 0.1) is 27.8 Å². The Labute approximate surface area is 157 Å². The van der Waals surface area contributed by atoms with Crippen LogP contribution in [-0.2, 0) is 9.59 Å². The van der Waals surface area contributed by atoms with E-state index in [-0.39, 0.29) is 11.8 Å². The van der Waals surface area contributed by atoms with E-state index < -0.39 is 0 Å². The summed E-state index contributed by atoms with van der Waals surface area (Å²) in [5, 5.41) is 8.94. The smallest absolute Gasteiger partial charge is 0.268 e. The van der Waals surface area contributed by atoms with Crippen LogP contribution >= 0.6 is 11.8 Å². The summed E-state index contributed by atoms with van der Waals surface area (Å²) in [6.45, 7) is 5.91. The highest BCUT2D eigenvalue weighted by Gasteiger charge is 2.40. The molecule has 0 unspecified atom stereocenters. The van der Waals surface area contributed by atoms with Gasteiger partial charge >= 0.3 is 0 Å². The third-order valence-electron chi connectivity index (χ3n) is 4.24. The van der Waals surface area contributed by atoms with Crippen molar-refractivity contribution in [2.24, 2.45) is 0 Å². The van der Waals surface area contributed by atoms with E-state index in [0.717, 1.165) is 16.7 Å². The van der Waals surface area contributed by atoms with Crippen molar-refractivity contribution in [1.29, 1.82) is 5.26 Å². The number of nitrogens with zero attached hydrogens (tertiary/aromatic N) is 2. The van der Waals surface area contributed by atoms with E-state index in [4.69, 9.17) is 5.26 Å². The van der Waals surface area contributed by atoms with Gasteiger partial charge in [-0.25, -0.2) is 4.90 Å². The minimum absolute atomic E-state index is 0.304. The van der Waals surface area contributed by atoms with Gasteiger partial charge < -0.3 is 0 Å². The van der Waals surface area contributed by atoms with Crippen molar-refractivity contribution in [3.05, 3.63) is 69.6 Å². The van der Waals surface area contributed by atoms with E-state index >= 15 is 0 Å². The van der Waals surface area contributed by atoms with Crippen LogP contribution in [0.3, 0.4) is 0 Å². The summed E-state index contributed by atoms with van der Waals surface area (Å²) in [6.07, 6.45) is 0. The maximum atomic E-state index is 13.2. The first-order valence-corrected chi connectivity index (χ1v) is 9.30. The first-order chi connectivity index (χ1) is 12.5. The van der Waals surface area contributed by atoms with Crippen LogP contribution in [0.1, 0.15) is 29.2 Å². The molecule has 0 aromatic heterocycles. The number of amides is 2. The summed E-state index contributed by atoms with van der Waals surface area (Å²) in [7, 11) is 0. The largest absolute Gasteiger partial charge is 0.272 e. The monoisotopic (exact) mass is 362 g/mol. The predicted octanol–water partition coefficient (Wildman–Crippen LogP) is 4.21. The number of imide groups is 1. The lowest BCUT2D eigenvalue weighted by Crippen LogP contribution is -2.31. The molecule has 1 heterocycles. The molecule has 0 fully saturated rings. The van der Waals surface area contributed by atoms with Crippen molar-refractivity contribution in [2.45, 2.75) is 20.8 Å². The lowest BCUT2D eigenvalue weighted by atomic mass is 9.99. The standard InChI is InChI=1S/C21H18N2O2S/c1-4-26-19-18(17-10-5-13(2)11-14(17)3)20(24)23(21(19)25)16-8-6-15(12-22)7-9-16/h5-11H,4H2,1-3H3. The van der Waals surface area contributed by atoms with Crippen molar-refractivity contribution in [3.63, 3.8) is 0 Å². The Kier molecular flexibility index (Phi) is 4.97. The first-order valence-electron chi connectivity index (χ1n) is 8.31. The maximum absolute atomic E-state index is 13.2. The molecule has 1 aliphatic rings. The van der Waals surface area contributed by atoms with Gasteiger partial charge in [0, 0.05) is 0 Å². The lowest BCUT2D eigenvalue weighted by molar-refractivity contribution is -0.119. The second kappa shape index (κ2) is 7.19. The van der Waals surface area contributed by atoms with Crippen LogP contribution in [0.4, 0.5) is 5.69 Å². The molecule has 3 rings (SSSR count). The van der Waals surface area contributed by atoms with Crippen LogP contribution in [0.5, 0.6) is 0 Å². The van der Waals surface area contributed by atoms with Gasteiger partial charge in [-0.15, -0.1) is 11.8 Å². The Morgan fingerprint density at radius 3 is 2.31 bits per heavy atom. The van der Waals surface area contributed by atoms with Crippen LogP contribution in [0.25, 0.3) is 5.57 Å². The number of carbonyl (C=O) groups excluding carboxylic acids is 2. The highest BCUT2D eigenvalue weighted by atomic mass is 32.2. The summed E-state index contributed by atoms with van der Waals surface area (Å²) in [5.74, 6) is 0.0772. The third-order valence-corrected chi connectivity index (χ3v) is 5.19. The van der Waals surface area contributed by atoms with E-state index in [1.165, 1.54) is 16.7 Å². The molecule has 0 bridgehead atoms. The molecule has 0 saturated carbocycles. The van der Waals surface area contributed by atoms with E-state index in [0.29, 0.717) is 27.5 Å². The Morgan fingerprint density at radius 1 is 1.04 bits per heavy atom.